The van der Waals surface area contributed by atoms with E-state index in [1.54, 1.807) is 12.1 Å². The lowest BCUT2D eigenvalue weighted by atomic mass is 9.61. The molecular formula is C14H18ClN3O2. The second-order valence-electron chi connectivity index (χ2n) is 5.39. The highest BCUT2D eigenvalue weighted by molar-refractivity contribution is 6.30. The van der Waals surface area contributed by atoms with Crippen LogP contribution in [-0.2, 0) is 11.3 Å². The van der Waals surface area contributed by atoms with Gasteiger partial charge < -0.3 is 16.3 Å². The normalized spacial score (nSPS) is 25.9. The van der Waals surface area contributed by atoms with Gasteiger partial charge in [0.25, 0.3) is 0 Å². The van der Waals surface area contributed by atoms with Gasteiger partial charge >= 0.3 is 0 Å². The number of carbonyl (C=O) groups is 1. The number of oxime groups is 1. The smallest absolute Gasteiger partial charge is 0.234 e. The summed E-state index contributed by atoms with van der Waals surface area (Å²) in [5, 5.41) is 15.3. The molecule has 0 atom stereocenters. The van der Waals surface area contributed by atoms with Crippen LogP contribution in [0.2, 0.25) is 5.02 Å². The van der Waals surface area contributed by atoms with Gasteiger partial charge in [0.15, 0.2) is 5.84 Å². The molecule has 108 valence electrons. The van der Waals surface area contributed by atoms with Crippen molar-refractivity contribution in [2.24, 2.45) is 22.2 Å². The minimum Gasteiger partial charge on any atom is -0.409 e. The summed E-state index contributed by atoms with van der Waals surface area (Å²) in [6.45, 7) is 2.40. The molecule has 1 aliphatic rings. The Morgan fingerprint density at radius 2 is 2.30 bits per heavy atom. The third-order valence-electron chi connectivity index (χ3n) is 3.77. The van der Waals surface area contributed by atoms with Crippen molar-refractivity contribution in [3.8, 4) is 0 Å². The topological polar surface area (TPSA) is 87.7 Å². The number of carbonyl (C=O) groups excluding carboxylic acids is 1. The van der Waals surface area contributed by atoms with Gasteiger partial charge in [-0.05, 0) is 36.5 Å². The van der Waals surface area contributed by atoms with E-state index in [2.05, 4.69) is 10.5 Å². The van der Waals surface area contributed by atoms with E-state index in [-0.39, 0.29) is 11.7 Å². The standard InChI is InChI=1S/C14H18ClN3O2/c1-9-6-14(7-9,12(16)18-20)13(19)17-8-10-3-2-4-11(15)5-10/h2-5,9,20H,6-8H2,1H3,(H2,16,18)(H,17,19). The van der Waals surface area contributed by atoms with Crippen LogP contribution in [-0.4, -0.2) is 17.0 Å². The Kier molecular flexibility index (Phi) is 4.18. The van der Waals surface area contributed by atoms with Crippen LogP contribution in [0.4, 0.5) is 0 Å². The highest BCUT2D eigenvalue weighted by Gasteiger charge is 2.52. The summed E-state index contributed by atoms with van der Waals surface area (Å²) >= 11 is 5.90. The third kappa shape index (κ3) is 2.72. The summed E-state index contributed by atoms with van der Waals surface area (Å²) in [6.07, 6.45) is 1.20. The monoisotopic (exact) mass is 295 g/mol. The van der Waals surface area contributed by atoms with Crippen molar-refractivity contribution >= 4 is 23.3 Å². The molecule has 1 amide bonds. The van der Waals surface area contributed by atoms with E-state index in [4.69, 9.17) is 22.5 Å². The van der Waals surface area contributed by atoms with Crippen LogP contribution in [0, 0.1) is 11.3 Å². The number of nitrogens with one attached hydrogen (secondary N) is 1. The average Bonchev–Trinajstić information content (AvgIpc) is 2.40. The zero-order valence-electron chi connectivity index (χ0n) is 11.3. The fourth-order valence-corrected chi connectivity index (χ4v) is 2.95. The lowest BCUT2D eigenvalue weighted by Crippen LogP contribution is -2.56. The van der Waals surface area contributed by atoms with Gasteiger partial charge in [0, 0.05) is 11.6 Å². The van der Waals surface area contributed by atoms with E-state index in [0.717, 1.165) is 5.56 Å². The Bertz CT molecular complexity index is 539. The molecule has 0 bridgehead atoms. The number of rotatable bonds is 4. The minimum atomic E-state index is -0.868. The number of nitrogens with two attached hydrogens (primary N) is 1. The number of amides is 1. The number of halogens is 1. The minimum absolute atomic E-state index is 0.0146. The Balaban J connectivity index is 2.04. The van der Waals surface area contributed by atoms with Gasteiger partial charge in [-0.15, -0.1) is 0 Å². The SMILES string of the molecule is CC1CC(C(=O)NCc2cccc(Cl)c2)(/C(N)=N/O)C1. The molecule has 4 N–H and O–H groups in total. The van der Waals surface area contributed by atoms with Crippen LogP contribution in [0.1, 0.15) is 25.3 Å². The Labute approximate surface area is 122 Å². The van der Waals surface area contributed by atoms with E-state index in [0.29, 0.717) is 30.3 Å². The first-order valence-electron chi connectivity index (χ1n) is 6.48. The average molecular weight is 296 g/mol. The molecule has 0 unspecified atom stereocenters. The highest BCUT2D eigenvalue weighted by atomic mass is 35.5. The fourth-order valence-electron chi connectivity index (χ4n) is 2.73. The largest absolute Gasteiger partial charge is 0.409 e. The van der Waals surface area contributed by atoms with Crippen LogP contribution in [0.3, 0.4) is 0 Å². The van der Waals surface area contributed by atoms with E-state index >= 15 is 0 Å². The summed E-state index contributed by atoms with van der Waals surface area (Å²) < 4.78 is 0. The van der Waals surface area contributed by atoms with Crippen molar-refractivity contribution in [3.63, 3.8) is 0 Å². The van der Waals surface area contributed by atoms with Crippen LogP contribution in [0.25, 0.3) is 0 Å². The first-order chi connectivity index (χ1) is 9.48. The van der Waals surface area contributed by atoms with Crippen molar-refractivity contribution in [2.75, 3.05) is 0 Å². The van der Waals surface area contributed by atoms with Gasteiger partial charge in [-0.2, -0.15) is 0 Å². The van der Waals surface area contributed by atoms with Gasteiger partial charge in [-0.25, -0.2) is 0 Å². The van der Waals surface area contributed by atoms with Crippen LogP contribution >= 0.6 is 11.6 Å². The van der Waals surface area contributed by atoms with Gasteiger partial charge in [-0.1, -0.05) is 35.8 Å². The molecule has 20 heavy (non-hydrogen) atoms. The summed E-state index contributed by atoms with van der Waals surface area (Å²) in [5.74, 6) is 0.178. The zero-order chi connectivity index (χ0) is 14.8. The van der Waals surface area contributed by atoms with Crippen molar-refractivity contribution in [3.05, 3.63) is 34.9 Å². The zero-order valence-corrected chi connectivity index (χ0v) is 12.0. The predicted molar refractivity (Wildman–Crippen MR) is 77.5 cm³/mol. The molecule has 0 aliphatic heterocycles. The molecule has 6 heteroatoms. The van der Waals surface area contributed by atoms with Crippen molar-refractivity contribution in [1.29, 1.82) is 0 Å². The molecule has 0 aromatic heterocycles. The van der Waals surface area contributed by atoms with E-state index < -0.39 is 5.41 Å². The quantitative estimate of drug-likeness (QED) is 0.344. The van der Waals surface area contributed by atoms with E-state index in [1.807, 2.05) is 19.1 Å². The molecule has 1 aromatic carbocycles. The van der Waals surface area contributed by atoms with Gasteiger partial charge in [-0.3, -0.25) is 4.79 Å². The maximum Gasteiger partial charge on any atom is 0.234 e. The molecule has 0 heterocycles. The van der Waals surface area contributed by atoms with Gasteiger partial charge in [0.2, 0.25) is 5.91 Å². The third-order valence-corrected chi connectivity index (χ3v) is 4.00. The second-order valence-corrected chi connectivity index (χ2v) is 5.83. The Hall–Kier alpha value is -1.75. The van der Waals surface area contributed by atoms with Crippen molar-refractivity contribution < 1.29 is 10.0 Å². The first kappa shape index (κ1) is 14.7. The van der Waals surface area contributed by atoms with Crippen LogP contribution in [0.5, 0.6) is 0 Å². The molecule has 2 rings (SSSR count). The molecule has 1 aliphatic carbocycles. The summed E-state index contributed by atoms with van der Waals surface area (Å²) in [5.41, 5.74) is 5.73. The molecule has 0 radical (unpaired) electrons. The molecule has 1 fully saturated rings. The second kappa shape index (κ2) is 5.71. The van der Waals surface area contributed by atoms with Gasteiger partial charge in [0.05, 0.1) is 0 Å². The van der Waals surface area contributed by atoms with E-state index in [9.17, 15) is 4.79 Å². The molecular weight excluding hydrogens is 278 g/mol. The molecule has 5 nitrogen and oxygen atoms in total. The predicted octanol–water partition coefficient (Wildman–Crippen LogP) is 2.12. The number of benzene rings is 1. The Morgan fingerprint density at radius 1 is 1.60 bits per heavy atom. The maximum absolute atomic E-state index is 12.3. The summed E-state index contributed by atoms with van der Waals surface area (Å²) in [4.78, 5) is 12.3. The maximum atomic E-state index is 12.3. The van der Waals surface area contributed by atoms with Crippen molar-refractivity contribution in [1.82, 2.24) is 5.32 Å². The Morgan fingerprint density at radius 3 is 2.85 bits per heavy atom. The lowest BCUT2D eigenvalue weighted by molar-refractivity contribution is -0.133. The van der Waals surface area contributed by atoms with Crippen LogP contribution < -0.4 is 11.1 Å². The van der Waals surface area contributed by atoms with Crippen molar-refractivity contribution in [2.45, 2.75) is 26.3 Å². The number of hydrogen-bond donors (Lipinski definition) is 3. The fraction of sp³-hybridized carbons (Fsp3) is 0.429. The molecule has 0 spiro atoms. The first-order valence-corrected chi connectivity index (χ1v) is 6.86. The summed E-state index contributed by atoms with van der Waals surface area (Å²) in [6, 6.07) is 7.28. The number of amidine groups is 1. The molecule has 1 aromatic rings. The molecule has 1 saturated carbocycles. The van der Waals surface area contributed by atoms with E-state index in [1.165, 1.54) is 0 Å². The summed E-state index contributed by atoms with van der Waals surface area (Å²) in [7, 11) is 0. The highest BCUT2D eigenvalue weighted by Crippen LogP contribution is 2.45. The number of hydrogen-bond acceptors (Lipinski definition) is 3. The lowest BCUT2D eigenvalue weighted by Gasteiger charge is -2.43. The van der Waals surface area contributed by atoms with Gasteiger partial charge in [0.1, 0.15) is 5.41 Å². The van der Waals surface area contributed by atoms with Crippen LogP contribution in [0.15, 0.2) is 29.4 Å². The number of nitrogens with zero attached hydrogens (tertiary/aromatic N) is 1. The molecule has 0 saturated heterocycles.